The normalized spacial score (nSPS) is 18.0. The standard InChI is InChI=1S/C14H31N5O3S/c1-5-23(20,21)18-7-6-16-13(15-4)17-12-14(2,3)19-8-10-22-11-9-19/h18H,5-12H2,1-4H3,(H2,15,16,17). The van der Waals surface area contributed by atoms with Crippen molar-refractivity contribution in [1.82, 2.24) is 20.3 Å². The minimum Gasteiger partial charge on any atom is -0.379 e. The van der Waals surface area contributed by atoms with Crippen LogP contribution in [0.15, 0.2) is 4.99 Å². The second-order valence-electron chi connectivity index (χ2n) is 6.06. The van der Waals surface area contributed by atoms with Gasteiger partial charge < -0.3 is 15.4 Å². The third-order valence-corrected chi connectivity index (χ3v) is 5.30. The number of morpholine rings is 1. The highest BCUT2D eigenvalue weighted by molar-refractivity contribution is 7.89. The summed E-state index contributed by atoms with van der Waals surface area (Å²) >= 11 is 0. The smallest absolute Gasteiger partial charge is 0.211 e. The third-order valence-electron chi connectivity index (χ3n) is 3.90. The summed E-state index contributed by atoms with van der Waals surface area (Å²) < 4.78 is 30.6. The van der Waals surface area contributed by atoms with E-state index in [-0.39, 0.29) is 11.3 Å². The van der Waals surface area contributed by atoms with Gasteiger partial charge in [-0.1, -0.05) is 0 Å². The monoisotopic (exact) mass is 349 g/mol. The van der Waals surface area contributed by atoms with E-state index >= 15 is 0 Å². The molecular formula is C14H31N5O3S. The molecule has 23 heavy (non-hydrogen) atoms. The number of aliphatic imine (C=N–C) groups is 1. The van der Waals surface area contributed by atoms with E-state index in [1.54, 1.807) is 14.0 Å². The highest BCUT2D eigenvalue weighted by Gasteiger charge is 2.28. The minimum absolute atomic E-state index is 0.00873. The fourth-order valence-electron chi connectivity index (χ4n) is 2.29. The Labute approximate surface area is 140 Å². The Bertz CT molecular complexity index is 473. The summed E-state index contributed by atoms with van der Waals surface area (Å²) in [5.74, 6) is 0.760. The number of hydrogen-bond acceptors (Lipinski definition) is 5. The zero-order chi connectivity index (χ0) is 17.3. The molecule has 0 aliphatic carbocycles. The molecule has 0 amide bonds. The van der Waals surface area contributed by atoms with E-state index in [4.69, 9.17) is 4.74 Å². The first-order valence-corrected chi connectivity index (χ1v) is 9.70. The Morgan fingerprint density at radius 3 is 2.43 bits per heavy atom. The molecule has 0 saturated carbocycles. The fraction of sp³-hybridized carbons (Fsp3) is 0.929. The lowest BCUT2D eigenvalue weighted by Gasteiger charge is -2.41. The number of nitrogens with zero attached hydrogens (tertiary/aromatic N) is 2. The van der Waals surface area contributed by atoms with E-state index in [1.807, 2.05) is 0 Å². The second-order valence-corrected chi connectivity index (χ2v) is 8.16. The molecule has 0 aromatic carbocycles. The lowest BCUT2D eigenvalue weighted by molar-refractivity contribution is -0.00833. The van der Waals surface area contributed by atoms with Crippen molar-refractivity contribution in [3.8, 4) is 0 Å². The molecule has 0 aromatic heterocycles. The van der Waals surface area contributed by atoms with Crippen LogP contribution in [-0.2, 0) is 14.8 Å². The minimum atomic E-state index is -3.14. The lowest BCUT2D eigenvalue weighted by Crippen LogP contribution is -2.56. The van der Waals surface area contributed by atoms with Gasteiger partial charge in [0.1, 0.15) is 0 Å². The van der Waals surface area contributed by atoms with Crippen molar-refractivity contribution in [1.29, 1.82) is 0 Å². The van der Waals surface area contributed by atoms with Crippen molar-refractivity contribution in [2.24, 2.45) is 4.99 Å². The van der Waals surface area contributed by atoms with Crippen molar-refractivity contribution in [2.75, 3.05) is 58.7 Å². The molecule has 1 fully saturated rings. The van der Waals surface area contributed by atoms with E-state index < -0.39 is 10.0 Å². The maximum Gasteiger partial charge on any atom is 0.211 e. The van der Waals surface area contributed by atoms with Gasteiger partial charge in [-0.3, -0.25) is 9.89 Å². The molecule has 0 atom stereocenters. The molecule has 1 rings (SSSR count). The molecule has 0 unspecified atom stereocenters. The first kappa shape index (κ1) is 20.1. The van der Waals surface area contributed by atoms with Crippen LogP contribution in [0.4, 0.5) is 0 Å². The van der Waals surface area contributed by atoms with Crippen molar-refractivity contribution >= 4 is 16.0 Å². The summed E-state index contributed by atoms with van der Waals surface area (Å²) in [5.41, 5.74) is -0.00873. The Kier molecular flexibility index (Phi) is 8.24. The van der Waals surface area contributed by atoms with Gasteiger partial charge in [-0.05, 0) is 20.8 Å². The van der Waals surface area contributed by atoms with E-state index in [2.05, 4.69) is 39.1 Å². The maximum atomic E-state index is 11.3. The molecule has 0 aromatic rings. The number of ether oxygens (including phenoxy) is 1. The predicted molar refractivity (Wildman–Crippen MR) is 93.3 cm³/mol. The summed E-state index contributed by atoms with van der Waals surface area (Å²) in [6.45, 7) is 11.0. The maximum absolute atomic E-state index is 11.3. The first-order valence-electron chi connectivity index (χ1n) is 8.05. The largest absolute Gasteiger partial charge is 0.379 e. The van der Waals surface area contributed by atoms with Crippen LogP contribution in [0.2, 0.25) is 0 Å². The third kappa shape index (κ3) is 7.47. The van der Waals surface area contributed by atoms with Crippen molar-refractivity contribution < 1.29 is 13.2 Å². The predicted octanol–water partition coefficient (Wildman–Crippen LogP) is -0.798. The fourth-order valence-corrected chi connectivity index (χ4v) is 2.91. The molecule has 1 saturated heterocycles. The molecule has 1 aliphatic rings. The molecule has 1 aliphatic heterocycles. The summed E-state index contributed by atoms with van der Waals surface area (Å²) in [6.07, 6.45) is 0. The van der Waals surface area contributed by atoms with Crippen LogP contribution in [0, 0.1) is 0 Å². The van der Waals surface area contributed by atoms with Crippen LogP contribution in [0.1, 0.15) is 20.8 Å². The van der Waals surface area contributed by atoms with Crippen molar-refractivity contribution in [3.05, 3.63) is 0 Å². The Morgan fingerprint density at radius 1 is 1.22 bits per heavy atom. The zero-order valence-corrected chi connectivity index (χ0v) is 15.5. The van der Waals surface area contributed by atoms with Gasteiger partial charge in [-0.2, -0.15) is 0 Å². The summed E-state index contributed by atoms with van der Waals surface area (Å²) in [6, 6.07) is 0. The van der Waals surface area contributed by atoms with Gasteiger partial charge in [-0.15, -0.1) is 0 Å². The lowest BCUT2D eigenvalue weighted by atomic mass is 10.0. The molecule has 1 heterocycles. The Balaban J connectivity index is 2.33. The Morgan fingerprint density at radius 2 is 1.87 bits per heavy atom. The van der Waals surface area contributed by atoms with Gasteiger partial charge in [0.25, 0.3) is 0 Å². The summed E-state index contributed by atoms with van der Waals surface area (Å²) in [7, 11) is -1.44. The van der Waals surface area contributed by atoms with Crippen molar-refractivity contribution in [3.63, 3.8) is 0 Å². The summed E-state index contributed by atoms with van der Waals surface area (Å²) in [5, 5.41) is 6.41. The van der Waals surface area contributed by atoms with Crippen LogP contribution in [0.3, 0.4) is 0 Å². The van der Waals surface area contributed by atoms with Crippen LogP contribution < -0.4 is 15.4 Å². The zero-order valence-electron chi connectivity index (χ0n) is 14.7. The number of sulfonamides is 1. The van der Waals surface area contributed by atoms with E-state index in [0.29, 0.717) is 19.0 Å². The summed E-state index contributed by atoms with van der Waals surface area (Å²) in [4.78, 5) is 6.56. The average Bonchev–Trinajstić information content (AvgIpc) is 2.55. The molecule has 0 bridgehead atoms. The molecule has 0 radical (unpaired) electrons. The molecule has 8 nitrogen and oxygen atoms in total. The molecular weight excluding hydrogens is 318 g/mol. The quantitative estimate of drug-likeness (QED) is 0.302. The van der Waals surface area contributed by atoms with E-state index in [9.17, 15) is 8.42 Å². The number of nitrogens with one attached hydrogen (secondary N) is 3. The van der Waals surface area contributed by atoms with Gasteiger partial charge in [0.15, 0.2) is 5.96 Å². The van der Waals surface area contributed by atoms with Gasteiger partial charge in [-0.25, -0.2) is 13.1 Å². The number of hydrogen-bond donors (Lipinski definition) is 3. The molecule has 136 valence electrons. The topological polar surface area (TPSA) is 95.1 Å². The molecule has 0 spiro atoms. The van der Waals surface area contributed by atoms with Gasteiger partial charge in [0.05, 0.1) is 19.0 Å². The average molecular weight is 350 g/mol. The highest BCUT2D eigenvalue weighted by Crippen LogP contribution is 2.14. The highest BCUT2D eigenvalue weighted by atomic mass is 32.2. The van der Waals surface area contributed by atoms with Crippen LogP contribution in [0.5, 0.6) is 0 Å². The van der Waals surface area contributed by atoms with Crippen LogP contribution in [-0.4, -0.2) is 83.6 Å². The van der Waals surface area contributed by atoms with E-state index in [0.717, 1.165) is 32.8 Å². The van der Waals surface area contributed by atoms with Crippen LogP contribution >= 0.6 is 0 Å². The molecule has 9 heteroatoms. The van der Waals surface area contributed by atoms with Gasteiger partial charge in [0.2, 0.25) is 10.0 Å². The number of rotatable bonds is 8. The van der Waals surface area contributed by atoms with Crippen molar-refractivity contribution in [2.45, 2.75) is 26.3 Å². The Hall–Kier alpha value is -0.900. The first-order chi connectivity index (χ1) is 10.8. The van der Waals surface area contributed by atoms with E-state index in [1.165, 1.54) is 0 Å². The second kappa shape index (κ2) is 9.41. The molecule has 3 N–H and O–H groups in total. The van der Waals surface area contributed by atoms with Crippen LogP contribution in [0.25, 0.3) is 0 Å². The SMILES string of the molecule is CCS(=O)(=O)NCCNC(=NC)NCC(C)(C)N1CCOCC1. The van der Waals surface area contributed by atoms with Gasteiger partial charge >= 0.3 is 0 Å². The van der Waals surface area contributed by atoms with Gasteiger partial charge in [0, 0.05) is 45.3 Å². The number of guanidine groups is 1.